The van der Waals surface area contributed by atoms with Crippen molar-refractivity contribution >= 4 is 17.7 Å². The lowest BCUT2D eigenvalue weighted by atomic mass is 9.76. The van der Waals surface area contributed by atoms with Gasteiger partial charge in [-0.1, -0.05) is 48.5 Å². The van der Waals surface area contributed by atoms with Crippen molar-refractivity contribution in [1.29, 1.82) is 0 Å². The summed E-state index contributed by atoms with van der Waals surface area (Å²) < 4.78 is 32.3. The van der Waals surface area contributed by atoms with Gasteiger partial charge in [0.15, 0.2) is 5.76 Å². The van der Waals surface area contributed by atoms with Gasteiger partial charge in [0.05, 0.1) is 24.2 Å². The van der Waals surface area contributed by atoms with E-state index < -0.39 is 35.0 Å². The molecule has 2 fully saturated rings. The second-order valence-electron chi connectivity index (χ2n) is 10.3. The molecule has 9 heteroatoms. The predicted molar refractivity (Wildman–Crippen MR) is 133 cm³/mol. The summed E-state index contributed by atoms with van der Waals surface area (Å²) in [5.74, 6) is -1.16. The number of aromatic nitrogens is 1. The second-order valence-corrected chi connectivity index (χ2v) is 10.3. The first kappa shape index (κ1) is 25.0. The molecule has 3 unspecified atom stereocenters. The van der Waals surface area contributed by atoms with Crippen LogP contribution in [0.5, 0.6) is 0 Å². The highest BCUT2D eigenvalue weighted by Crippen LogP contribution is 2.59. The Balaban J connectivity index is 1.32. The first-order chi connectivity index (χ1) is 17.6. The molecule has 0 bridgehead atoms. The molecule has 1 aliphatic heterocycles. The predicted octanol–water partition coefficient (Wildman–Crippen LogP) is 6.01. The summed E-state index contributed by atoms with van der Waals surface area (Å²) in [7, 11) is 0. The standard InChI is InChI=1S/C28H29FN2O6/c1-16-24(30-26(34)36-17(2)18-7-5-4-6-8-18)25(37-31-16)21-10-9-19(11-22(21)29)27(3)12-20-13-28(20,35-15-27)14-23(32)33/h4-11,17,20H,12-15H2,1-3H3,(H,30,34)(H,32,33)/t17-,20?,27?,28?/m1/s1. The SMILES string of the molecule is Cc1noc(-c2ccc(C3(C)COC4(CC(=O)O)CC4C3)cc2F)c1NC(=O)O[C@H](C)c1ccccc1. The summed E-state index contributed by atoms with van der Waals surface area (Å²) in [6.45, 7) is 5.72. The van der Waals surface area contributed by atoms with Crippen molar-refractivity contribution in [2.45, 2.75) is 57.2 Å². The maximum atomic E-state index is 15.4. The smallest absolute Gasteiger partial charge is 0.412 e. The molecule has 3 aromatic rings. The fourth-order valence-electron chi connectivity index (χ4n) is 5.28. The number of anilines is 1. The molecule has 8 nitrogen and oxygen atoms in total. The molecule has 37 heavy (non-hydrogen) atoms. The Bertz CT molecular complexity index is 1340. The lowest BCUT2D eigenvalue weighted by Crippen LogP contribution is -2.39. The topological polar surface area (TPSA) is 111 Å². The number of benzene rings is 2. The number of halogens is 1. The van der Waals surface area contributed by atoms with Crippen LogP contribution in [-0.4, -0.2) is 34.5 Å². The lowest BCUT2D eigenvalue weighted by Gasteiger charge is -2.37. The molecular weight excluding hydrogens is 479 g/mol. The van der Waals surface area contributed by atoms with Crippen LogP contribution in [0.1, 0.15) is 56.0 Å². The number of carbonyl (C=O) groups excluding carboxylic acids is 1. The molecule has 2 aliphatic rings. The first-order valence-electron chi connectivity index (χ1n) is 12.3. The molecule has 4 atom stereocenters. The summed E-state index contributed by atoms with van der Waals surface area (Å²) >= 11 is 0. The van der Waals surface area contributed by atoms with E-state index in [2.05, 4.69) is 10.5 Å². The van der Waals surface area contributed by atoms with Gasteiger partial charge in [0, 0.05) is 5.41 Å². The number of carbonyl (C=O) groups is 2. The minimum Gasteiger partial charge on any atom is -0.481 e. The number of rotatable bonds is 7. The molecule has 2 aromatic carbocycles. The van der Waals surface area contributed by atoms with Crippen molar-refractivity contribution in [2.24, 2.45) is 5.92 Å². The van der Waals surface area contributed by atoms with Crippen LogP contribution in [0.15, 0.2) is 53.1 Å². The van der Waals surface area contributed by atoms with Crippen LogP contribution >= 0.6 is 0 Å². The fraction of sp³-hybridized carbons (Fsp3) is 0.393. The quantitative estimate of drug-likeness (QED) is 0.402. The third-order valence-electron chi connectivity index (χ3n) is 7.55. The van der Waals surface area contributed by atoms with Crippen LogP contribution in [0.25, 0.3) is 11.3 Å². The number of amides is 1. The number of ether oxygens (including phenoxy) is 2. The summed E-state index contributed by atoms with van der Waals surface area (Å²) in [5.41, 5.74) is 1.36. The van der Waals surface area contributed by atoms with Gasteiger partial charge in [0.2, 0.25) is 0 Å². The Morgan fingerprint density at radius 3 is 2.68 bits per heavy atom. The zero-order valence-electron chi connectivity index (χ0n) is 20.9. The van der Waals surface area contributed by atoms with Crippen LogP contribution in [0.4, 0.5) is 14.9 Å². The Kier molecular flexibility index (Phi) is 6.27. The van der Waals surface area contributed by atoms with Gasteiger partial charge < -0.3 is 19.1 Å². The molecule has 1 aliphatic carbocycles. The van der Waals surface area contributed by atoms with Gasteiger partial charge >= 0.3 is 12.1 Å². The maximum Gasteiger partial charge on any atom is 0.412 e. The van der Waals surface area contributed by atoms with Gasteiger partial charge in [0.25, 0.3) is 0 Å². The van der Waals surface area contributed by atoms with Crippen LogP contribution in [0.3, 0.4) is 0 Å². The van der Waals surface area contributed by atoms with Gasteiger partial charge in [-0.25, -0.2) is 9.18 Å². The number of hydrogen-bond acceptors (Lipinski definition) is 6. The molecule has 5 rings (SSSR count). The third kappa shape index (κ3) is 4.83. The molecule has 2 N–H and O–H groups in total. The zero-order chi connectivity index (χ0) is 26.4. The highest BCUT2D eigenvalue weighted by molar-refractivity contribution is 5.91. The average molecular weight is 509 g/mol. The van der Waals surface area contributed by atoms with Crippen molar-refractivity contribution in [1.82, 2.24) is 5.16 Å². The largest absolute Gasteiger partial charge is 0.481 e. The van der Waals surface area contributed by atoms with Crippen molar-refractivity contribution in [2.75, 3.05) is 11.9 Å². The van der Waals surface area contributed by atoms with E-state index in [-0.39, 0.29) is 29.3 Å². The second kappa shape index (κ2) is 9.30. The maximum absolute atomic E-state index is 15.4. The van der Waals surface area contributed by atoms with Crippen molar-refractivity contribution in [3.05, 3.63) is 71.2 Å². The van der Waals surface area contributed by atoms with Gasteiger partial charge in [-0.05, 0) is 55.9 Å². The normalized spacial score (nSPS) is 25.1. The van der Waals surface area contributed by atoms with Gasteiger partial charge in [-0.3, -0.25) is 10.1 Å². The molecule has 2 heterocycles. The molecule has 1 saturated carbocycles. The highest BCUT2D eigenvalue weighted by Gasteiger charge is 2.62. The number of aryl methyl sites for hydroxylation is 1. The van der Waals surface area contributed by atoms with E-state index in [1.165, 1.54) is 6.07 Å². The lowest BCUT2D eigenvalue weighted by molar-refractivity contribution is -0.143. The minimum absolute atomic E-state index is 0.00573. The zero-order valence-corrected chi connectivity index (χ0v) is 20.9. The molecule has 1 saturated heterocycles. The highest BCUT2D eigenvalue weighted by atomic mass is 19.1. The Hall–Kier alpha value is -3.72. The van der Waals surface area contributed by atoms with E-state index in [1.807, 2.05) is 43.3 Å². The van der Waals surface area contributed by atoms with E-state index in [1.54, 1.807) is 19.9 Å². The van der Waals surface area contributed by atoms with Gasteiger partial charge in [-0.2, -0.15) is 0 Å². The molecule has 0 spiro atoms. The average Bonchev–Trinajstić information content (AvgIpc) is 3.43. The van der Waals surface area contributed by atoms with Crippen LogP contribution < -0.4 is 5.32 Å². The van der Waals surface area contributed by atoms with Gasteiger partial charge in [0.1, 0.15) is 23.3 Å². The van der Waals surface area contributed by atoms with Gasteiger partial charge in [-0.15, -0.1) is 0 Å². The van der Waals surface area contributed by atoms with Crippen molar-refractivity contribution in [3.8, 4) is 11.3 Å². The van der Waals surface area contributed by atoms with Crippen molar-refractivity contribution in [3.63, 3.8) is 0 Å². The van der Waals surface area contributed by atoms with E-state index in [0.717, 1.165) is 17.5 Å². The Morgan fingerprint density at radius 1 is 1.24 bits per heavy atom. The van der Waals surface area contributed by atoms with E-state index >= 15 is 4.39 Å². The number of nitrogens with zero attached hydrogens (tertiary/aromatic N) is 1. The summed E-state index contributed by atoms with van der Waals surface area (Å²) in [5, 5.41) is 15.7. The summed E-state index contributed by atoms with van der Waals surface area (Å²) in [4.78, 5) is 23.8. The van der Waals surface area contributed by atoms with E-state index in [9.17, 15) is 14.7 Å². The number of carboxylic acids is 1. The van der Waals surface area contributed by atoms with Crippen LogP contribution in [0.2, 0.25) is 0 Å². The third-order valence-corrected chi connectivity index (χ3v) is 7.55. The first-order valence-corrected chi connectivity index (χ1v) is 12.3. The Morgan fingerprint density at radius 2 is 2.00 bits per heavy atom. The van der Waals surface area contributed by atoms with Crippen molar-refractivity contribution < 1.29 is 33.1 Å². The number of nitrogens with one attached hydrogen (secondary N) is 1. The van der Waals surface area contributed by atoms with E-state index in [4.69, 9.17) is 14.0 Å². The number of aliphatic carboxylic acids is 1. The molecule has 194 valence electrons. The summed E-state index contributed by atoms with van der Waals surface area (Å²) in [6, 6.07) is 14.2. The number of fused-ring (bicyclic) bond motifs is 1. The fourth-order valence-corrected chi connectivity index (χ4v) is 5.28. The minimum atomic E-state index is -0.869. The molecular formula is C28H29FN2O6. The molecule has 1 amide bonds. The number of carboxylic acid groups (broad SMARTS) is 1. The summed E-state index contributed by atoms with van der Waals surface area (Å²) in [6.07, 6.45) is 0.232. The molecule has 0 radical (unpaired) electrons. The Labute approximate surface area is 213 Å². The monoisotopic (exact) mass is 508 g/mol. The van der Waals surface area contributed by atoms with E-state index in [0.29, 0.717) is 18.7 Å². The van der Waals surface area contributed by atoms with Crippen LogP contribution in [-0.2, 0) is 19.7 Å². The number of hydrogen-bond donors (Lipinski definition) is 2. The van der Waals surface area contributed by atoms with Crippen LogP contribution in [0, 0.1) is 18.7 Å². The molecule has 1 aromatic heterocycles.